The normalized spacial score (nSPS) is 25.3. The number of alkyl halides is 1. The second-order valence-corrected chi connectivity index (χ2v) is 14.5. The molecule has 1 aliphatic heterocycles. The summed E-state index contributed by atoms with van der Waals surface area (Å²) in [5, 5.41) is 7.74. The van der Waals surface area contributed by atoms with Gasteiger partial charge in [0.25, 0.3) is 0 Å². The van der Waals surface area contributed by atoms with Crippen molar-refractivity contribution in [2.24, 2.45) is 11.8 Å². The first-order chi connectivity index (χ1) is 16.6. The van der Waals surface area contributed by atoms with Crippen LogP contribution >= 0.6 is 27.3 Å². The van der Waals surface area contributed by atoms with Crippen molar-refractivity contribution in [3.63, 3.8) is 0 Å². The summed E-state index contributed by atoms with van der Waals surface area (Å²) in [6.07, 6.45) is 3.53. The topological polar surface area (TPSA) is 51.0 Å². The largest absolute Gasteiger partial charge is 0.320 e. The molecule has 0 saturated carbocycles. The van der Waals surface area contributed by atoms with E-state index in [1.54, 1.807) is 24.5 Å². The summed E-state index contributed by atoms with van der Waals surface area (Å²) < 4.78 is 1.52. The van der Waals surface area contributed by atoms with Crippen LogP contribution in [0.2, 0.25) is 0 Å². The molecule has 3 heterocycles. The average molecular weight is 572 g/mol. The van der Waals surface area contributed by atoms with E-state index in [-0.39, 0.29) is 34.7 Å². The van der Waals surface area contributed by atoms with E-state index in [2.05, 4.69) is 100.0 Å². The Balaban J connectivity index is 1.79. The minimum Gasteiger partial charge on any atom is -0.320 e. The highest BCUT2D eigenvalue weighted by atomic mass is 79.9. The molecule has 1 fully saturated rings. The van der Waals surface area contributed by atoms with E-state index in [1.807, 2.05) is 21.8 Å². The number of halogens is 1. The molecule has 5 nitrogen and oxygen atoms in total. The predicted octanol–water partition coefficient (Wildman–Crippen LogP) is 7.52. The highest BCUT2D eigenvalue weighted by Crippen LogP contribution is 2.54. The molecule has 1 amide bonds. The maximum absolute atomic E-state index is 12.6. The molecule has 36 heavy (non-hydrogen) atoms. The van der Waals surface area contributed by atoms with Crippen LogP contribution in [0.25, 0.3) is 10.6 Å². The molecule has 1 aliphatic rings. The van der Waals surface area contributed by atoms with Gasteiger partial charge in [-0.05, 0) is 46.1 Å². The predicted molar refractivity (Wildman–Crippen MR) is 153 cm³/mol. The SMILES string of the molecule is CC(=O)N1CC(C)C(Br)(c2csc(-c3cc(C(C)(C)C)cc(C(C)(C)C)c3)n2)C(C)C1n1cccn1. The Hall–Kier alpha value is -1.99. The summed E-state index contributed by atoms with van der Waals surface area (Å²) in [6, 6.07) is 8.86. The monoisotopic (exact) mass is 570 g/mol. The van der Waals surface area contributed by atoms with Gasteiger partial charge in [-0.15, -0.1) is 11.3 Å². The molecule has 0 radical (unpaired) electrons. The summed E-state index contributed by atoms with van der Waals surface area (Å²) >= 11 is 5.88. The zero-order valence-electron chi connectivity index (χ0n) is 23.0. The third-order valence-corrected chi connectivity index (χ3v) is 10.4. The Morgan fingerprint density at radius 3 is 2.19 bits per heavy atom. The van der Waals surface area contributed by atoms with Crippen LogP contribution in [-0.4, -0.2) is 32.1 Å². The molecule has 0 aliphatic carbocycles. The maximum atomic E-state index is 12.6. The first kappa shape index (κ1) is 27.1. The molecule has 7 heteroatoms. The van der Waals surface area contributed by atoms with Crippen LogP contribution in [0.15, 0.2) is 42.0 Å². The molecule has 1 saturated heterocycles. The molecule has 0 spiro atoms. The smallest absolute Gasteiger partial charge is 0.221 e. The van der Waals surface area contributed by atoms with Gasteiger partial charge >= 0.3 is 0 Å². The highest BCUT2D eigenvalue weighted by Gasteiger charge is 2.53. The lowest BCUT2D eigenvalue weighted by Gasteiger charge is -2.51. The lowest BCUT2D eigenvalue weighted by molar-refractivity contribution is -0.141. The molecule has 0 bridgehead atoms. The molecule has 0 N–H and O–H groups in total. The molecule has 1 aromatic carbocycles. The quantitative estimate of drug-likeness (QED) is 0.306. The lowest BCUT2D eigenvalue weighted by Crippen LogP contribution is -2.56. The highest BCUT2D eigenvalue weighted by molar-refractivity contribution is 9.09. The van der Waals surface area contributed by atoms with E-state index < -0.39 is 4.32 Å². The number of hydrogen-bond donors (Lipinski definition) is 0. The number of hydrogen-bond acceptors (Lipinski definition) is 4. The van der Waals surface area contributed by atoms with E-state index >= 15 is 0 Å². The van der Waals surface area contributed by atoms with Crippen LogP contribution in [0.4, 0.5) is 0 Å². The number of amides is 1. The van der Waals surface area contributed by atoms with Crippen molar-refractivity contribution < 1.29 is 4.79 Å². The third kappa shape index (κ3) is 4.81. The molecular formula is C29H39BrN4OS. The van der Waals surface area contributed by atoms with Gasteiger partial charge in [-0.1, -0.05) is 77.4 Å². The summed E-state index contributed by atoms with van der Waals surface area (Å²) in [4.78, 5) is 19.8. The molecule has 194 valence electrons. The number of likely N-dealkylation sites (tertiary alicyclic amines) is 1. The van der Waals surface area contributed by atoms with Gasteiger partial charge in [0, 0.05) is 42.7 Å². The van der Waals surface area contributed by atoms with Crippen LogP contribution in [0.1, 0.15) is 85.3 Å². The first-order valence-corrected chi connectivity index (χ1v) is 14.4. The summed E-state index contributed by atoms with van der Waals surface area (Å²) in [6.45, 7) is 20.3. The van der Waals surface area contributed by atoms with E-state index in [1.165, 1.54) is 16.7 Å². The Morgan fingerprint density at radius 1 is 1.08 bits per heavy atom. The van der Waals surface area contributed by atoms with Crippen molar-refractivity contribution >= 4 is 33.2 Å². The third-order valence-electron chi connectivity index (χ3n) is 7.63. The lowest BCUT2D eigenvalue weighted by atomic mass is 9.75. The van der Waals surface area contributed by atoms with Gasteiger partial charge in [-0.2, -0.15) is 5.10 Å². The number of benzene rings is 1. The standard InChI is InChI=1S/C29H39BrN4OS/c1-18-16-33(20(3)35)26(34-12-10-11-31-34)19(2)29(18,30)24-17-36-25(32-24)21-13-22(27(4,5)6)15-23(14-21)28(7,8)9/h10-15,17-19,26H,16H2,1-9H3. The van der Waals surface area contributed by atoms with Gasteiger partial charge in [0.15, 0.2) is 0 Å². The van der Waals surface area contributed by atoms with Crippen LogP contribution in [-0.2, 0) is 19.9 Å². The van der Waals surface area contributed by atoms with Crippen molar-refractivity contribution in [3.05, 3.63) is 58.9 Å². The van der Waals surface area contributed by atoms with Gasteiger partial charge in [0.2, 0.25) is 5.91 Å². The van der Waals surface area contributed by atoms with Crippen LogP contribution in [0.5, 0.6) is 0 Å². The Bertz CT molecular complexity index is 1200. The number of nitrogens with zero attached hydrogens (tertiary/aromatic N) is 4. The van der Waals surface area contributed by atoms with Gasteiger partial charge < -0.3 is 4.90 Å². The Kier molecular flexibility index (Phi) is 7.06. The number of carbonyl (C=O) groups is 1. The van der Waals surface area contributed by atoms with Crippen molar-refractivity contribution in [3.8, 4) is 10.6 Å². The van der Waals surface area contributed by atoms with E-state index in [9.17, 15) is 4.79 Å². The Morgan fingerprint density at radius 2 is 1.69 bits per heavy atom. The van der Waals surface area contributed by atoms with Crippen molar-refractivity contribution in [2.75, 3.05) is 6.54 Å². The first-order valence-electron chi connectivity index (χ1n) is 12.7. The summed E-state index contributed by atoms with van der Waals surface area (Å²) in [5.41, 5.74) is 4.94. The van der Waals surface area contributed by atoms with Crippen molar-refractivity contribution in [1.29, 1.82) is 0 Å². The summed E-state index contributed by atoms with van der Waals surface area (Å²) in [5.74, 6) is 0.284. The van der Waals surface area contributed by atoms with Crippen LogP contribution < -0.4 is 0 Å². The fourth-order valence-electron chi connectivity index (χ4n) is 5.28. The minimum absolute atomic E-state index is 0.0473. The van der Waals surface area contributed by atoms with Crippen LogP contribution in [0.3, 0.4) is 0 Å². The molecule has 4 rings (SSSR count). The molecule has 4 unspecified atom stereocenters. The van der Waals surface area contributed by atoms with Gasteiger partial charge in [-0.3, -0.25) is 4.79 Å². The second-order valence-electron chi connectivity index (χ2n) is 12.4. The van der Waals surface area contributed by atoms with Gasteiger partial charge in [0.05, 0.1) is 10.0 Å². The van der Waals surface area contributed by atoms with Gasteiger partial charge in [0.1, 0.15) is 11.2 Å². The number of rotatable bonds is 3. The minimum atomic E-state index is -0.390. The number of carbonyl (C=O) groups excluding carboxylic acids is 1. The van der Waals surface area contributed by atoms with E-state index in [4.69, 9.17) is 4.98 Å². The second kappa shape index (κ2) is 9.39. The van der Waals surface area contributed by atoms with E-state index in [0.29, 0.717) is 6.54 Å². The number of piperidine rings is 1. The van der Waals surface area contributed by atoms with Gasteiger partial charge in [-0.25, -0.2) is 9.67 Å². The van der Waals surface area contributed by atoms with E-state index in [0.717, 1.165) is 10.7 Å². The molecule has 3 aromatic rings. The zero-order chi connectivity index (χ0) is 26.6. The maximum Gasteiger partial charge on any atom is 0.221 e. The molecule has 2 aromatic heterocycles. The molecular weight excluding hydrogens is 532 g/mol. The zero-order valence-corrected chi connectivity index (χ0v) is 25.4. The summed E-state index contributed by atoms with van der Waals surface area (Å²) in [7, 11) is 0. The number of thiazole rings is 1. The molecule has 4 atom stereocenters. The Labute approximate surface area is 228 Å². The van der Waals surface area contributed by atoms with Crippen molar-refractivity contribution in [2.45, 2.75) is 83.6 Å². The fourth-order valence-corrected chi connectivity index (χ4v) is 6.89. The van der Waals surface area contributed by atoms with Crippen molar-refractivity contribution in [1.82, 2.24) is 19.7 Å². The average Bonchev–Trinajstić information content (AvgIpc) is 3.48. The van der Waals surface area contributed by atoms with Crippen LogP contribution in [0, 0.1) is 11.8 Å². The fraction of sp³-hybridized carbons (Fsp3) is 0.552. The number of aromatic nitrogens is 3.